The molecular weight excluding hydrogens is 212 g/mol. The molecule has 2 aromatic heterocycles. The molecule has 0 bridgehead atoms. The summed E-state index contributed by atoms with van der Waals surface area (Å²) >= 11 is 0. The Bertz CT molecular complexity index is 638. The number of aromatic amines is 1. The monoisotopic (exact) mass is 216 g/mol. The van der Waals surface area contributed by atoms with Crippen molar-refractivity contribution >= 4 is 15.8 Å². The predicted octanol–water partition coefficient (Wildman–Crippen LogP) is -2.54. The Morgan fingerprint density at radius 3 is 2.79 bits per heavy atom. The average Bonchev–Trinajstić information content (AvgIpc) is 2.48. The zero-order valence-corrected chi connectivity index (χ0v) is 7.39. The SMILES string of the molecule is NS(=O)(=O)c1nc2nc[nH]c(=O)n2n1. The van der Waals surface area contributed by atoms with Gasteiger partial charge in [-0.05, 0) is 0 Å². The molecule has 0 amide bonds. The first kappa shape index (κ1) is 8.77. The fraction of sp³-hybridized carbons (Fsp3) is 0. The highest BCUT2D eigenvalue weighted by molar-refractivity contribution is 7.89. The number of nitrogens with one attached hydrogen (secondary N) is 1. The lowest BCUT2D eigenvalue weighted by atomic mass is 11.0. The second-order valence-corrected chi connectivity index (χ2v) is 3.81. The zero-order chi connectivity index (χ0) is 10.3. The lowest BCUT2D eigenvalue weighted by Crippen LogP contribution is -2.18. The smallest absolute Gasteiger partial charge is 0.296 e. The molecule has 0 unspecified atom stereocenters. The third-order valence-electron chi connectivity index (χ3n) is 1.39. The Morgan fingerprint density at radius 1 is 1.50 bits per heavy atom. The molecule has 0 saturated carbocycles. The van der Waals surface area contributed by atoms with Crippen LogP contribution in [0.4, 0.5) is 0 Å². The summed E-state index contributed by atoms with van der Waals surface area (Å²) in [5.74, 6) is -0.127. The van der Waals surface area contributed by atoms with Crippen molar-refractivity contribution in [3.63, 3.8) is 0 Å². The van der Waals surface area contributed by atoms with E-state index in [1.54, 1.807) is 0 Å². The van der Waals surface area contributed by atoms with Gasteiger partial charge in [0.1, 0.15) is 6.33 Å². The molecule has 0 aliphatic carbocycles. The minimum atomic E-state index is -4.02. The molecule has 14 heavy (non-hydrogen) atoms. The Kier molecular flexibility index (Phi) is 1.62. The fourth-order valence-electron chi connectivity index (χ4n) is 0.832. The van der Waals surface area contributed by atoms with E-state index in [-0.39, 0.29) is 5.78 Å². The molecule has 0 fully saturated rings. The van der Waals surface area contributed by atoms with E-state index >= 15 is 0 Å². The Labute approximate surface area is 76.7 Å². The van der Waals surface area contributed by atoms with Gasteiger partial charge in [-0.1, -0.05) is 0 Å². The summed E-state index contributed by atoms with van der Waals surface area (Å²) in [4.78, 5) is 20.3. The number of nitrogens with zero attached hydrogens (tertiary/aromatic N) is 4. The number of sulfonamides is 1. The quantitative estimate of drug-likeness (QED) is 0.539. The first-order chi connectivity index (χ1) is 6.48. The topological polar surface area (TPSA) is 136 Å². The van der Waals surface area contributed by atoms with E-state index in [0.717, 1.165) is 6.33 Å². The van der Waals surface area contributed by atoms with Crippen LogP contribution in [-0.2, 0) is 10.0 Å². The normalized spacial score (nSPS) is 12.1. The van der Waals surface area contributed by atoms with E-state index in [1.807, 2.05) is 0 Å². The van der Waals surface area contributed by atoms with Crippen molar-refractivity contribution in [1.82, 2.24) is 24.6 Å². The molecule has 2 heterocycles. The molecular formula is C4H4N6O3S. The Hall–Kier alpha value is -1.81. The first-order valence-corrected chi connectivity index (χ1v) is 4.86. The molecule has 0 spiro atoms. The molecule has 0 atom stereocenters. The molecule has 0 aromatic carbocycles. The van der Waals surface area contributed by atoms with Crippen LogP contribution in [0.1, 0.15) is 0 Å². The molecule has 3 N–H and O–H groups in total. The number of H-pyrrole nitrogens is 1. The van der Waals surface area contributed by atoms with E-state index in [2.05, 4.69) is 20.1 Å². The summed E-state index contributed by atoms with van der Waals surface area (Å²) in [6.07, 6.45) is 1.08. The number of primary sulfonamides is 1. The lowest BCUT2D eigenvalue weighted by molar-refractivity contribution is 0.588. The second-order valence-electron chi connectivity index (χ2n) is 2.36. The van der Waals surface area contributed by atoms with Gasteiger partial charge in [-0.2, -0.15) is 4.98 Å². The van der Waals surface area contributed by atoms with Gasteiger partial charge in [0.25, 0.3) is 21.0 Å². The van der Waals surface area contributed by atoms with Crippen molar-refractivity contribution in [2.24, 2.45) is 5.14 Å². The Morgan fingerprint density at radius 2 is 2.21 bits per heavy atom. The summed E-state index contributed by atoms with van der Waals surface area (Å²) in [5, 5.41) is 7.50. The van der Waals surface area contributed by atoms with Crippen LogP contribution < -0.4 is 10.8 Å². The van der Waals surface area contributed by atoms with Crippen LogP contribution in [0.5, 0.6) is 0 Å². The number of nitrogens with two attached hydrogens (primary N) is 1. The second kappa shape index (κ2) is 2.59. The predicted molar refractivity (Wildman–Crippen MR) is 42.8 cm³/mol. The molecule has 10 heteroatoms. The summed E-state index contributed by atoms with van der Waals surface area (Å²) in [6.45, 7) is 0. The molecule has 2 rings (SSSR count). The number of hydrogen-bond acceptors (Lipinski definition) is 6. The average molecular weight is 216 g/mol. The van der Waals surface area contributed by atoms with Crippen molar-refractivity contribution in [2.75, 3.05) is 0 Å². The summed E-state index contributed by atoms with van der Waals surface area (Å²) < 4.78 is 22.3. The van der Waals surface area contributed by atoms with Crippen LogP contribution in [0.25, 0.3) is 5.78 Å². The molecule has 0 aliphatic rings. The van der Waals surface area contributed by atoms with Gasteiger partial charge in [0.15, 0.2) is 0 Å². The third kappa shape index (κ3) is 1.25. The van der Waals surface area contributed by atoms with Gasteiger partial charge in [-0.3, -0.25) is 4.98 Å². The van der Waals surface area contributed by atoms with Crippen molar-refractivity contribution in [1.29, 1.82) is 0 Å². The van der Waals surface area contributed by atoms with Crippen LogP contribution >= 0.6 is 0 Å². The van der Waals surface area contributed by atoms with Crippen molar-refractivity contribution < 1.29 is 8.42 Å². The molecule has 74 valence electrons. The van der Waals surface area contributed by atoms with Crippen LogP contribution in [0.3, 0.4) is 0 Å². The van der Waals surface area contributed by atoms with E-state index < -0.39 is 20.9 Å². The Balaban J connectivity index is 2.88. The number of fused-ring (bicyclic) bond motifs is 1. The number of hydrogen-bond donors (Lipinski definition) is 2. The molecule has 0 radical (unpaired) electrons. The third-order valence-corrected chi connectivity index (χ3v) is 2.07. The molecule has 9 nitrogen and oxygen atoms in total. The lowest BCUT2D eigenvalue weighted by Gasteiger charge is -1.84. The van der Waals surface area contributed by atoms with E-state index in [4.69, 9.17) is 5.14 Å². The van der Waals surface area contributed by atoms with Crippen LogP contribution in [0.2, 0.25) is 0 Å². The van der Waals surface area contributed by atoms with E-state index in [9.17, 15) is 13.2 Å². The van der Waals surface area contributed by atoms with Crippen LogP contribution in [0, 0.1) is 0 Å². The van der Waals surface area contributed by atoms with Crippen LogP contribution in [0.15, 0.2) is 16.3 Å². The van der Waals surface area contributed by atoms with Gasteiger partial charge in [0, 0.05) is 0 Å². The maximum Gasteiger partial charge on any atom is 0.350 e. The summed E-state index contributed by atoms with van der Waals surface area (Å²) in [6, 6.07) is 0. The molecule has 0 aliphatic heterocycles. The highest BCUT2D eigenvalue weighted by Gasteiger charge is 2.16. The highest BCUT2D eigenvalue weighted by Crippen LogP contribution is 1.98. The van der Waals surface area contributed by atoms with E-state index in [0.29, 0.717) is 4.52 Å². The van der Waals surface area contributed by atoms with E-state index in [1.165, 1.54) is 0 Å². The van der Waals surface area contributed by atoms with Gasteiger partial charge in [0.05, 0.1) is 0 Å². The highest BCUT2D eigenvalue weighted by atomic mass is 32.2. The van der Waals surface area contributed by atoms with Gasteiger partial charge in [-0.15, -0.1) is 9.61 Å². The standard InChI is InChI=1S/C4H4N6O3S/c5-14(12,13)3-8-2-6-1-7-4(11)10(2)9-3/h1H,(H2,5,12,13)(H,6,7,8,9,11). The molecule has 2 aromatic rings. The summed E-state index contributed by atoms with van der Waals surface area (Å²) in [5.41, 5.74) is -0.641. The minimum Gasteiger partial charge on any atom is -0.296 e. The van der Waals surface area contributed by atoms with Gasteiger partial charge in [0.2, 0.25) is 0 Å². The van der Waals surface area contributed by atoms with Crippen molar-refractivity contribution in [3.05, 3.63) is 16.8 Å². The largest absolute Gasteiger partial charge is 0.350 e. The van der Waals surface area contributed by atoms with Gasteiger partial charge >= 0.3 is 5.69 Å². The minimum absolute atomic E-state index is 0.127. The van der Waals surface area contributed by atoms with Crippen LogP contribution in [-0.4, -0.2) is 33.0 Å². The maximum atomic E-state index is 11.0. The zero-order valence-electron chi connectivity index (χ0n) is 6.58. The molecule has 0 saturated heterocycles. The number of aromatic nitrogens is 5. The maximum absolute atomic E-state index is 11.0. The summed E-state index contributed by atoms with van der Waals surface area (Å²) in [7, 11) is -4.02. The van der Waals surface area contributed by atoms with Crippen molar-refractivity contribution in [3.8, 4) is 0 Å². The van der Waals surface area contributed by atoms with Gasteiger partial charge < -0.3 is 0 Å². The fourth-order valence-corrected chi connectivity index (χ4v) is 1.24. The number of rotatable bonds is 1. The van der Waals surface area contributed by atoms with Gasteiger partial charge in [-0.25, -0.2) is 23.3 Å². The van der Waals surface area contributed by atoms with Crippen molar-refractivity contribution in [2.45, 2.75) is 5.16 Å². The first-order valence-electron chi connectivity index (χ1n) is 3.32.